The molecule has 0 radical (unpaired) electrons. The number of ether oxygens (including phenoxy) is 1. The van der Waals surface area contributed by atoms with Gasteiger partial charge in [0.15, 0.2) is 9.84 Å². The van der Waals surface area contributed by atoms with Crippen LogP contribution in [0.2, 0.25) is 0 Å². The second-order valence-electron chi connectivity index (χ2n) is 7.64. The molecule has 1 fully saturated rings. The molecule has 1 aromatic carbocycles. The number of amides is 4. The monoisotopic (exact) mass is 494 g/mol. The maximum atomic E-state index is 12.9. The van der Waals surface area contributed by atoms with Crippen molar-refractivity contribution in [3.8, 4) is 10.4 Å². The van der Waals surface area contributed by atoms with Crippen molar-refractivity contribution >= 4 is 44.9 Å². The van der Waals surface area contributed by atoms with E-state index in [0.717, 1.165) is 11.3 Å². The average Bonchev–Trinajstić information content (AvgIpc) is 3.17. The second kappa shape index (κ2) is 10.2. The van der Waals surface area contributed by atoms with Crippen LogP contribution >= 0.6 is 11.3 Å². The van der Waals surface area contributed by atoms with Crippen LogP contribution in [0.4, 0.5) is 15.3 Å². The number of urea groups is 2. The van der Waals surface area contributed by atoms with E-state index in [9.17, 15) is 22.8 Å². The Morgan fingerprint density at radius 3 is 2.52 bits per heavy atom. The lowest BCUT2D eigenvalue weighted by Gasteiger charge is -2.31. The van der Waals surface area contributed by atoms with Gasteiger partial charge in [-0.3, -0.25) is 0 Å². The number of nitrogens with two attached hydrogens (primary N) is 2. The lowest BCUT2D eigenvalue weighted by Crippen LogP contribution is -2.46. The zero-order valence-electron chi connectivity index (χ0n) is 18.1. The summed E-state index contributed by atoms with van der Waals surface area (Å²) in [6.07, 6.45) is 1.23. The van der Waals surface area contributed by atoms with Gasteiger partial charge in [0.1, 0.15) is 11.0 Å². The predicted octanol–water partition coefficient (Wildman–Crippen LogP) is 2.79. The fraction of sp³-hybridized carbons (Fsp3) is 0.381. The van der Waals surface area contributed by atoms with Gasteiger partial charge < -0.3 is 26.4 Å². The predicted molar refractivity (Wildman–Crippen MR) is 125 cm³/mol. The number of hydrogen-bond donors (Lipinski definition) is 3. The van der Waals surface area contributed by atoms with Gasteiger partial charge in [-0.25, -0.2) is 22.8 Å². The van der Waals surface area contributed by atoms with Crippen LogP contribution < -0.4 is 16.8 Å². The van der Waals surface area contributed by atoms with Crippen LogP contribution in [0.5, 0.6) is 0 Å². The van der Waals surface area contributed by atoms with Gasteiger partial charge in [-0.15, -0.1) is 11.3 Å². The van der Waals surface area contributed by atoms with Gasteiger partial charge in [0, 0.05) is 11.4 Å². The van der Waals surface area contributed by atoms with Gasteiger partial charge >= 0.3 is 18.0 Å². The Balaban J connectivity index is 1.84. The SMILES string of the molecule is CCCS(=O)(=O)c1ccc(-c2cc(NC(N)=O)c(C(=O)OC3CCCN(C(N)=O)C3)s2)cc1. The number of carbonyl (C=O) groups excluding carboxylic acids is 3. The van der Waals surface area contributed by atoms with E-state index in [4.69, 9.17) is 16.2 Å². The smallest absolute Gasteiger partial charge is 0.350 e. The number of nitrogens with one attached hydrogen (secondary N) is 1. The minimum absolute atomic E-state index is 0.0579. The van der Waals surface area contributed by atoms with Crippen molar-refractivity contribution in [2.45, 2.75) is 37.2 Å². The van der Waals surface area contributed by atoms with Gasteiger partial charge in [0.05, 0.1) is 22.9 Å². The molecule has 3 rings (SSSR count). The molecule has 5 N–H and O–H groups in total. The molecule has 4 amide bonds. The largest absolute Gasteiger partial charge is 0.456 e. The number of hydrogen-bond acceptors (Lipinski definition) is 7. The standard InChI is InChI=1S/C21H26N4O6S2/c1-2-10-33(29,30)15-7-5-13(6-8-15)17-11-16(24-20(22)27)18(32-17)19(26)31-14-4-3-9-25(12-14)21(23)28/h5-8,11,14H,2-4,9-10,12H2,1H3,(H2,23,28)(H3,22,24,27). The van der Waals surface area contributed by atoms with Crippen LogP contribution in [0.15, 0.2) is 35.2 Å². The molecule has 0 bridgehead atoms. The number of nitrogens with zero attached hydrogens (tertiary/aromatic N) is 1. The molecule has 1 atom stereocenters. The number of thiophene rings is 1. The maximum absolute atomic E-state index is 12.9. The van der Waals surface area contributed by atoms with Gasteiger partial charge in [-0.1, -0.05) is 19.1 Å². The van der Waals surface area contributed by atoms with Crippen LogP contribution in [0.1, 0.15) is 35.9 Å². The maximum Gasteiger partial charge on any atom is 0.350 e. The van der Waals surface area contributed by atoms with Crippen molar-refractivity contribution in [2.24, 2.45) is 11.5 Å². The first-order valence-electron chi connectivity index (χ1n) is 10.4. The quantitative estimate of drug-likeness (QED) is 0.501. The Bertz CT molecular complexity index is 1140. The van der Waals surface area contributed by atoms with Crippen molar-refractivity contribution in [3.63, 3.8) is 0 Å². The molecule has 2 aromatic rings. The summed E-state index contributed by atoms with van der Waals surface area (Å²) in [4.78, 5) is 38.1. The van der Waals surface area contributed by atoms with Crippen LogP contribution in [-0.4, -0.2) is 56.3 Å². The third-order valence-corrected chi connectivity index (χ3v) is 8.21. The highest BCUT2D eigenvalue weighted by atomic mass is 32.2. The first-order valence-corrected chi connectivity index (χ1v) is 12.9. The summed E-state index contributed by atoms with van der Waals surface area (Å²) >= 11 is 1.08. The summed E-state index contributed by atoms with van der Waals surface area (Å²) in [5.74, 6) is -0.601. The number of anilines is 1. The average molecular weight is 495 g/mol. The van der Waals surface area contributed by atoms with Crippen molar-refractivity contribution in [3.05, 3.63) is 35.2 Å². The summed E-state index contributed by atoms with van der Waals surface area (Å²) < 4.78 is 30.1. The summed E-state index contributed by atoms with van der Waals surface area (Å²) in [6, 6.07) is 6.48. The van der Waals surface area contributed by atoms with Crippen molar-refractivity contribution in [1.82, 2.24) is 4.90 Å². The number of piperidine rings is 1. The second-order valence-corrected chi connectivity index (χ2v) is 10.8. The fourth-order valence-electron chi connectivity index (χ4n) is 3.56. The van der Waals surface area contributed by atoms with E-state index in [-0.39, 0.29) is 27.8 Å². The molecule has 1 saturated heterocycles. The molecule has 1 unspecified atom stereocenters. The Morgan fingerprint density at radius 2 is 1.91 bits per heavy atom. The number of primary amides is 2. The van der Waals surface area contributed by atoms with E-state index in [2.05, 4.69) is 5.32 Å². The van der Waals surface area contributed by atoms with Crippen LogP contribution in [-0.2, 0) is 14.6 Å². The summed E-state index contributed by atoms with van der Waals surface area (Å²) in [5, 5.41) is 2.43. The summed E-state index contributed by atoms with van der Waals surface area (Å²) in [7, 11) is -3.35. The number of sulfone groups is 1. The van der Waals surface area contributed by atoms with E-state index in [1.807, 2.05) is 0 Å². The van der Waals surface area contributed by atoms with Crippen molar-refractivity contribution in [2.75, 3.05) is 24.2 Å². The molecular weight excluding hydrogens is 468 g/mol. The fourth-order valence-corrected chi connectivity index (χ4v) is 5.89. The third kappa shape index (κ3) is 6.02. The Kier molecular flexibility index (Phi) is 7.59. The van der Waals surface area contributed by atoms with Crippen LogP contribution in [0.25, 0.3) is 10.4 Å². The lowest BCUT2D eigenvalue weighted by atomic mass is 10.1. The lowest BCUT2D eigenvalue weighted by molar-refractivity contribution is 0.0134. The van der Waals surface area contributed by atoms with Crippen molar-refractivity contribution in [1.29, 1.82) is 0 Å². The van der Waals surface area contributed by atoms with Crippen LogP contribution in [0.3, 0.4) is 0 Å². The molecule has 0 aliphatic carbocycles. The number of esters is 1. The van der Waals surface area contributed by atoms with Crippen molar-refractivity contribution < 1.29 is 27.5 Å². The highest BCUT2D eigenvalue weighted by Crippen LogP contribution is 2.36. The van der Waals surface area contributed by atoms with E-state index >= 15 is 0 Å². The molecule has 1 aliphatic rings. The molecule has 10 nitrogen and oxygen atoms in total. The molecule has 1 aromatic heterocycles. The third-order valence-electron chi connectivity index (χ3n) is 5.11. The zero-order valence-corrected chi connectivity index (χ0v) is 19.7. The van der Waals surface area contributed by atoms with Gasteiger partial charge in [0.2, 0.25) is 0 Å². The molecule has 2 heterocycles. The molecule has 33 heavy (non-hydrogen) atoms. The molecule has 1 aliphatic heterocycles. The topological polar surface area (TPSA) is 162 Å². The first kappa shape index (κ1) is 24.5. The highest BCUT2D eigenvalue weighted by molar-refractivity contribution is 7.91. The molecule has 0 spiro atoms. The first-order chi connectivity index (χ1) is 15.6. The Hall–Kier alpha value is -3.12. The van der Waals surface area contributed by atoms with Gasteiger partial charge in [-0.2, -0.15) is 0 Å². The zero-order chi connectivity index (χ0) is 24.2. The number of likely N-dealkylation sites (tertiary alicyclic amines) is 1. The van der Waals surface area contributed by atoms with Gasteiger partial charge in [-0.05, 0) is 43.0 Å². The molecule has 12 heteroatoms. The number of rotatable bonds is 7. The summed E-state index contributed by atoms with van der Waals surface area (Å²) in [5.41, 5.74) is 11.4. The van der Waals surface area contributed by atoms with E-state index in [0.29, 0.717) is 36.2 Å². The van der Waals surface area contributed by atoms with E-state index in [1.165, 1.54) is 17.0 Å². The number of benzene rings is 1. The minimum atomic E-state index is -3.35. The molecular formula is C21H26N4O6S2. The highest BCUT2D eigenvalue weighted by Gasteiger charge is 2.28. The number of carbonyl (C=O) groups is 3. The van der Waals surface area contributed by atoms with E-state index in [1.54, 1.807) is 25.1 Å². The van der Waals surface area contributed by atoms with E-state index < -0.39 is 34.0 Å². The minimum Gasteiger partial charge on any atom is -0.456 e. The van der Waals surface area contributed by atoms with Gasteiger partial charge in [0.25, 0.3) is 0 Å². The Morgan fingerprint density at radius 1 is 1.21 bits per heavy atom. The summed E-state index contributed by atoms with van der Waals surface area (Å²) in [6.45, 7) is 2.50. The molecule has 0 saturated carbocycles. The normalized spacial score (nSPS) is 16.3. The van der Waals surface area contributed by atoms with Crippen LogP contribution in [0, 0.1) is 0 Å². The molecule has 178 valence electrons. The Labute approximate surface area is 195 Å².